The Kier molecular flexibility index (Phi) is 3.18. The molecule has 1 fully saturated rings. The summed E-state index contributed by atoms with van der Waals surface area (Å²) < 4.78 is 0. The molecule has 0 aromatic rings. The highest BCUT2D eigenvalue weighted by molar-refractivity contribution is 8.05. The fourth-order valence-electron chi connectivity index (χ4n) is 1.35. The SMILES string of the molecule is CC1CC(C)SC(C)(O)CS1. The molecule has 0 amide bonds. The lowest BCUT2D eigenvalue weighted by Gasteiger charge is -2.21. The van der Waals surface area contributed by atoms with Crippen LogP contribution in [0.4, 0.5) is 0 Å². The molecule has 3 heteroatoms. The van der Waals surface area contributed by atoms with Gasteiger partial charge in [-0.1, -0.05) is 13.8 Å². The number of rotatable bonds is 0. The van der Waals surface area contributed by atoms with E-state index < -0.39 is 4.93 Å². The molecule has 1 heterocycles. The van der Waals surface area contributed by atoms with E-state index in [9.17, 15) is 5.11 Å². The molecule has 3 atom stereocenters. The Morgan fingerprint density at radius 2 is 2.00 bits per heavy atom. The van der Waals surface area contributed by atoms with Crippen LogP contribution in [0.15, 0.2) is 0 Å². The summed E-state index contributed by atoms with van der Waals surface area (Å²) in [7, 11) is 0. The van der Waals surface area contributed by atoms with Crippen molar-refractivity contribution in [3.05, 3.63) is 0 Å². The second-order valence-electron chi connectivity index (χ2n) is 3.46. The van der Waals surface area contributed by atoms with Crippen molar-refractivity contribution in [1.29, 1.82) is 0 Å². The lowest BCUT2D eigenvalue weighted by Crippen LogP contribution is -2.23. The predicted molar refractivity (Wildman–Crippen MR) is 54.2 cm³/mol. The summed E-state index contributed by atoms with van der Waals surface area (Å²) in [5.41, 5.74) is 0. The van der Waals surface area contributed by atoms with E-state index in [1.54, 1.807) is 11.8 Å². The van der Waals surface area contributed by atoms with Crippen molar-refractivity contribution in [2.75, 3.05) is 5.75 Å². The zero-order valence-corrected chi connectivity index (χ0v) is 8.97. The van der Waals surface area contributed by atoms with Gasteiger partial charge in [0.2, 0.25) is 0 Å². The normalized spacial score (nSPS) is 46.9. The minimum absolute atomic E-state index is 0.505. The van der Waals surface area contributed by atoms with E-state index in [2.05, 4.69) is 13.8 Å². The van der Waals surface area contributed by atoms with Crippen LogP contribution in [-0.4, -0.2) is 26.3 Å². The highest BCUT2D eigenvalue weighted by Gasteiger charge is 2.29. The summed E-state index contributed by atoms with van der Waals surface area (Å²) in [6.45, 7) is 6.35. The average molecular weight is 192 g/mol. The van der Waals surface area contributed by atoms with Crippen LogP contribution in [-0.2, 0) is 0 Å². The average Bonchev–Trinajstić information content (AvgIpc) is 1.90. The summed E-state index contributed by atoms with van der Waals surface area (Å²) in [5.74, 6) is 0.864. The fourth-order valence-corrected chi connectivity index (χ4v) is 4.22. The summed E-state index contributed by atoms with van der Waals surface area (Å²) >= 11 is 3.58. The van der Waals surface area contributed by atoms with Gasteiger partial charge in [-0.2, -0.15) is 11.8 Å². The van der Waals surface area contributed by atoms with Crippen LogP contribution >= 0.6 is 23.5 Å². The Morgan fingerprint density at radius 3 is 2.64 bits per heavy atom. The number of thioether (sulfide) groups is 2. The van der Waals surface area contributed by atoms with Gasteiger partial charge in [-0.25, -0.2) is 0 Å². The topological polar surface area (TPSA) is 20.2 Å². The van der Waals surface area contributed by atoms with Crippen molar-refractivity contribution in [1.82, 2.24) is 0 Å². The Bertz CT molecular complexity index is 136. The van der Waals surface area contributed by atoms with E-state index in [0.717, 1.165) is 5.75 Å². The van der Waals surface area contributed by atoms with Crippen LogP contribution in [0.5, 0.6) is 0 Å². The molecule has 1 rings (SSSR count). The van der Waals surface area contributed by atoms with E-state index in [0.29, 0.717) is 10.5 Å². The highest BCUT2D eigenvalue weighted by atomic mass is 32.2. The summed E-state index contributed by atoms with van der Waals surface area (Å²) in [6, 6.07) is 0. The molecule has 0 saturated carbocycles. The van der Waals surface area contributed by atoms with Gasteiger partial charge in [-0.3, -0.25) is 0 Å². The monoisotopic (exact) mass is 192 g/mol. The molecule has 0 spiro atoms. The molecular weight excluding hydrogens is 176 g/mol. The van der Waals surface area contributed by atoms with Gasteiger partial charge in [-0.15, -0.1) is 11.8 Å². The van der Waals surface area contributed by atoms with Crippen molar-refractivity contribution in [3.8, 4) is 0 Å². The van der Waals surface area contributed by atoms with Crippen LogP contribution in [0, 0.1) is 0 Å². The number of aliphatic hydroxyl groups is 1. The van der Waals surface area contributed by atoms with Crippen LogP contribution < -0.4 is 0 Å². The second kappa shape index (κ2) is 3.58. The van der Waals surface area contributed by atoms with Gasteiger partial charge >= 0.3 is 0 Å². The minimum Gasteiger partial charge on any atom is -0.379 e. The molecule has 0 bridgehead atoms. The molecule has 3 unspecified atom stereocenters. The largest absolute Gasteiger partial charge is 0.379 e. The van der Waals surface area contributed by atoms with Crippen LogP contribution in [0.3, 0.4) is 0 Å². The highest BCUT2D eigenvalue weighted by Crippen LogP contribution is 2.38. The molecule has 1 saturated heterocycles. The molecule has 11 heavy (non-hydrogen) atoms. The van der Waals surface area contributed by atoms with Gasteiger partial charge in [0, 0.05) is 16.3 Å². The summed E-state index contributed by atoms with van der Waals surface area (Å²) in [6.07, 6.45) is 1.21. The fraction of sp³-hybridized carbons (Fsp3) is 1.00. The first kappa shape index (κ1) is 9.75. The van der Waals surface area contributed by atoms with Crippen molar-refractivity contribution >= 4 is 23.5 Å². The van der Waals surface area contributed by atoms with Gasteiger partial charge in [0.05, 0.1) is 0 Å². The lowest BCUT2D eigenvalue weighted by molar-refractivity contribution is 0.184. The van der Waals surface area contributed by atoms with E-state index in [1.807, 2.05) is 18.7 Å². The zero-order chi connectivity index (χ0) is 8.48. The third kappa shape index (κ3) is 3.26. The van der Waals surface area contributed by atoms with E-state index in [-0.39, 0.29) is 0 Å². The third-order valence-corrected chi connectivity index (χ3v) is 4.67. The molecule has 1 aliphatic rings. The first-order chi connectivity index (χ1) is 4.99. The smallest absolute Gasteiger partial charge is 0.116 e. The number of hydrogen-bond acceptors (Lipinski definition) is 3. The maximum Gasteiger partial charge on any atom is 0.116 e. The van der Waals surface area contributed by atoms with Crippen LogP contribution in [0.2, 0.25) is 0 Å². The van der Waals surface area contributed by atoms with Gasteiger partial charge in [-0.05, 0) is 13.3 Å². The Labute approximate surface area is 77.3 Å². The Hall–Kier alpha value is 0.660. The third-order valence-electron chi connectivity index (χ3n) is 1.75. The van der Waals surface area contributed by atoms with Gasteiger partial charge in [0.1, 0.15) is 4.93 Å². The molecule has 1 N–H and O–H groups in total. The molecule has 66 valence electrons. The second-order valence-corrected chi connectivity index (χ2v) is 6.81. The molecule has 1 aliphatic heterocycles. The molecular formula is C8H16OS2. The first-order valence-electron chi connectivity index (χ1n) is 4.01. The van der Waals surface area contributed by atoms with Gasteiger partial charge < -0.3 is 5.11 Å². The molecule has 1 nitrogen and oxygen atoms in total. The molecule has 0 aromatic heterocycles. The standard InChI is InChI=1S/C8H16OS2/c1-6-4-7(2)11-8(3,9)5-10-6/h6-7,9H,4-5H2,1-3H3. The maximum absolute atomic E-state index is 9.78. The quantitative estimate of drug-likeness (QED) is 0.636. The van der Waals surface area contributed by atoms with Gasteiger partial charge in [0.15, 0.2) is 0 Å². The summed E-state index contributed by atoms with van der Waals surface area (Å²) in [5, 5.41) is 11.1. The van der Waals surface area contributed by atoms with E-state index in [1.165, 1.54) is 6.42 Å². The summed E-state index contributed by atoms with van der Waals surface area (Å²) in [4.78, 5) is -0.505. The number of hydrogen-bond donors (Lipinski definition) is 1. The van der Waals surface area contributed by atoms with E-state index in [4.69, 9.17) is 0 Å². The van der Waals surface area contributed by atoms with Crippen molar-refractivity contribution in [2.45, 2.75) is 42.6 Å². The Balaban J connectivity index is 2.53. The van der Waals surface area contributed by atoms with E-state index >= 15 is 0 Å². The molecule has 0 radical (unpaired) electrons. The molecule has 0 aliphatic carbocycles. The maximum atomic E-state index is 9.78. The Morgan fingerprint density at radius 1 is 1.36 bits per heavy atom. The van der Waals surface area contributed by atoms with Crippen molar-refractivity contribution < 1.29 is 5.11 Å². The molecule has 0 aromatic carbocycles. The first-order valence-corrected chi connectivity index (χ1v) is 5.94. The van der Waals surface area contributed by atoms with Gasteiger partial charge in [0.25, 0.3) is 0 Å². The lowest BCUT2D eigenvalue weighted by atomic mass is 10.3. The van der Waals surface area contributed by atoms with Crippen LogP contribution in [0.25, 0.3) is 0 Å². The van der Waals surface area contributed by atoms with Crippen LogP contribution in [0.1, 0.15) is 27.2 Å². The van der Waals surface area contributed by atoms with Crippen molar-refractivity contribution in [2.24, 2.45) is 0 Å². The van der Waals surface area contributed by atoms with Crippen molar-refractivity contribution in [3.63, 3.8) is 0 Å². The minimum atomic E-state index is -0.505. The predicted octanol–water partition coefficient (Wildman–Crippen LogP) is 2.34. The zero-order valence-electron chi connectivity index (χ0n) is 7.33.